The second kappa shape index (κ2) is 5.77. The third-order valence-electron chi connectivity index (χ3n) is 2.87. The van der Waals surface area contributed by atoms with Gasteiger partial charge in [-0.25, -0.2) is 0 Å². The molecule has 0 spiro atoms. The minimum atomic E-state index is 0.208. The zero-order chi connectivity index (χ0) is 11.4. The molecule has 1 heterocycles. The fourth-order valence-electron chi connectivity index (χ4n) is 2.04. The minimum absolute atomic E-state index is 0.208. The summed E-state index contributed by atoms with van der Waals surface area (Å²) in [6.45, 7) is 2.65. The molecule has 0 bridgehead atoms. The highest BCUT2D eigenvalue weighted by Gasteiger charge is 2.24. The van der Waals surface area contributed by atoms with Gasteiger partial charge in [-0.05, 0) is 24.7 Å². The van der Waals surface area contributed by atoms with Gasteiger partial charge in [0.2, 0.25) is 0 Å². The Morgan fingerprint density at radius 2 is 2.19 bits per heavy atom. The van der Waals surface area contributed by atoms with Crippen molar-refractivity contribution < 1.29 is 4.74 Å². The molecule has 0 radical (unpaired) electrons. The highest BCUT2D eigenvalue weighted by atomic mass is 79.9. The highest BCUT2D eigenvalue weighted by Crippen LogP contribution is 2.21. The van der Waals surface area contributed by atoms with Gasteiger partial charge in [0.25, 0.3) is 0 Å². The van der Waals surface area contributed by atoms with Gasteiger partial charge in [0.15, 0.2) is 0 Å². The van der Waals surface area contributed by atoms with Crippen molar-refractivity contribution in [2.24, 2.45) is 0 Å². The molecular formula is C12H17BrN2O. The van der Waals surface area contributed by atoms with Crippen molar-refractivity contribution >= 4 is 15.9 Å². The lowest BCUT2D eigenvalue weighted by atomic mass is 10.0. The molecule has 1 aliphatic heterocycles. The Balaban J connectivity index is 2.11. The summed E-state index contributed by atoms with van der Waals surface area (Å²) in [5.41, 5.74) is 1.26. The maximum atomic E-state index is 5.78. The summed E-state index contributed by atoms with van der Waals surface area (Å²) in [6.07, 6.45) is 0.208. The van der Waals surface area contributed by atoms with E-state index in [0.29, 0.717) is 0 Å². The highest BCUT2D eigenvalue weighted by molar-refractivity contribution is 9.10. The Morgan fingerprint density at radius 3 is 2.75 bits per heavy atom. The number of morpholine rings is 1. The molecule has 0 saturated carbocycles. The molecular weight excluding hydrogens is 268 g/mol. The van der Waals surface area contributed by atoms with Gasteiger partial charge >= 0.3 is 0 Å². The van der Waals surface area contributed by atoms with Crippen LogP contribution in [0.5, 0.6) is 0 Å². The molecule has 1 fully saturated rings. The van der Waals surface area contributed by atoms with Crippen LogP contribution in [0.15, 0.2) is 28.7 Å². The van der Waals surface area contributed by atoms with E-state index in [0.717, 1.165) is 24.2 Å². The van der Waals surface area contributed by atoms with Crippen molar-refractivity contribution in [1.29, 1.82) is 0 Å². The number of hydrogen-bond donors (Lipinski definition) is 2. The molecule has 4 heteroatoms. The molecule has 3 nitrogen and oxygen atoms in total. The molecule has 2 unspecified atom stereocenters. The first-order valence-corrected chi connectivity index (χ1v) is 6.35. The molecule has 0 amide bonds. The third-order valence-corrected chi connectivity index (χ3v) is 3.40. The lowest BCUT2D eigenvalue weighted by Gasteiger charge is -2.31. The summed E-state index contributed by atoms with van der Waals surface area (Å²) >= 11 is 3.45. The Labute approximate surface area is 105 Å². The van der Waals surface area contributed by atoms with Crippen LogP contribution in [0.2, 0.25) is 0 Å². The molecule has 1 aliphatic rings. The van der Waals surface area contributed by atoms with Crippen LogP contribution in [-0.2, 0) is 4.74 Å². The number of nitrogens with one attached hydrogen (secondary N) is 2. The predicted octanol–water partition coefficient (Wildman–Crippen LogP) is 1.70. The van der Waals surface area contributed by atoms with Gasteiger partial charge in [0, 0.05) is 17.6 Å². The lowest BCUT2D eigenvalue weighted by Crippen LogP contribution is -2.45. The Morgan fingerprint density at radius 1 is 1.44 bits per heavy atom. The maximum absolute atomic E-state index is 5.78. The van der Waals surface area contributed by atoms with Crippen molar-refractivity contribution in [2.75, 3.05) is 26.7 Å². The summed E-state index contributed by atoms with van der Waals surface area (Å²) in [5.74, 6) is 0. The van der Waals surface area contributed by atoms with Gasteiger partial charge in [0.05, 0.1) is 18.8 Å². The van der Waals surface area contributed by atoms with Crippen molar-refractivity contribution in [2.45, 2.75) is 12.1 Å². The van der Waals surface area contributed by atoms with E-state index in [1.807, 2.05) is 7.05 Å². The lowest BCUT2D eigenvalue weighted by molar-refractivity contribution is 0.00537. The zero-order valence-electron chi connectivity index (χ0n) is 9.37. The predicted molar refractivity (Wildman–Crippen MR) is 68.6 cm³/mol. The van der Waals surface area contributed by atoms with Gasteiger partial charge in [-0.15, -0.1) is 0 Å². The van der Waals surface area contributed by atoms with Crippen LogP contribution in [0.1, 0.15) is 11.6 Å². The molecule has 2 N–H and O–H groups in total. The SMILES string of the molecule is CNC(c1ccc(Br)cc1)C1CNCCO1. The van der Waals surface area contributed by atoms with Gasteiger partial charge in [0.1, 0.15) is 0 Å². The number of likely N-dealkylation sites (N-methyl/N-ethyl adjacent to an activating group) is 1. The average Bonchev–Trinajstić information content (AvgIpc) is 2.34. The maximum Gasteiger partial charge on any atom is 0.0894 e. The van der Waals surface area contributed by atoms with E-state index >= 15 is 0 Å². The van der Waals surface area contributed by atoms with Crippen LogP contribution in [0.4, 0.5) is 0 Å². The van der Waals surface area contributed by atoms with Crippen molar-refractivity contribution in [3.63, 3.8) is 0 Å². The number of halogens is 1. The topological polar surface area (TPSA) is 33.3 Å². The van der Waals surface area contributed by atoms with Gasteiger partial charge in [-0.2, -0.15) is 0 Å². The first kappa shape index (κ1) is 12.0. The molecule has 2 atom stereocenters. The normalized spacial score (nSPS) is 23.0. The Bertz CT molecular complexity index is 322. The van der Waals surface area contributed by atoms with Crippen LogP contribution in [0.3, 0.4) is 0 Å². The second-order valence-electron chi connectivity index (χ2n) is 3.93. The molecule has 2 rings (SSSR count). The fourth-order valence-corrected chi connectivity index (χ4v) is 2.30. The molecule has 1 aromatic carbocycles. The summed E-state index contributed by atoms with van der Waals surface area (Å²) in [5, 5.41) is 6.68. The summed E-state index contributed by atoms with van der Waals surface area (Å²) in [4.78, 5) is 0. The van der Waals surface area contributed by atoms with Crippen LogP contribution >= 0.6 is 15.9 Å². The minimum Gasteiger partial charge on any atom is -0.374 e. The Hall–Kier alpha value is -0.420. The van der Waals surface area contributed by atoms with Crippen LogP contribution in [-0.4, -0.2) is 32.8 Å². The van der Waals surface area contributed by atoms with Gasteiger partial charge in [-0.3, -0.25) is 0 Å². The Kier molecular flexibility index (Phi) is 4.35. The van der Waals surface area contributed by atoms with E-state index in [2.05, 4.69) is 50.8 Å². The van der Waals surface area contributed by atoms with Gasteiger partial charge < -0.3 is 15.4 Å². The van der Waals surface area contributed by atoms with Crippen molar-refractivity contribution in [1.82, 2.24) is 10.6 Å². The monoisotopic (exact) mass is 284 g/mol. The van der Waals surface area contributed by atoms with E-state index in [1.165, 1.54) is 5.56 Å². The molecule has 16 heavy (non-hydrogen) atoms. The fraction of sp³-hybridized carbons (Fsp3) is 0.500. The van der Waals surface area contributed by atoms with E-state index in [4.69, 9.17) is 4.74 Å². The van der Waals surface area contributed by atoms with Crippen molar-refractivity contribution in [3.8, 4) is 0 Å². The summed E-state index contributed by atoms with van der Waals surface area (Å²) in [6, 6.07) is 8.64. The molecule has 1 saturated heterocycles. The zero-order valence-corrected chi connectivity index (χ0v) is 11.0. The smallest absolute Gasteiger partial charge is 0.0894 e. The average molecular weight is 285 g/mol. The summed E-state index contributed by atoms with van der Waals surface area (Å²) < 4.78 is 6.88. The quantitative estimate of drug-likeness (QED) is 0.887. The number of ether oxygens (including phenoxy) is 1. The van der Waals surface area contributed by atoms with Crippen molar-refractivity contribution in [3.05, 3.63) is 34.3 Å². The molecule has 88 valence electrons. The molecule has 0 aromatic heterocycles. The molecule has 1 aromatic rings. The standard InChI is InChI=1S/C12H17BrN2O/c1-14-12(11-8-15-6-7-16-11)9-2-4-10(13)5-3-9/h2-5,11-12,14-15H,6-8H2,1H3. The number of hydrogen-bond acceptors (Lipinski definition) is 3. The van der Waals surface area contributed by atoms with Crippen LogP contribution in [0.25, 0.3) is 0 Å². The summed E-state index contributed by atoms with van der Waals surface area (Å²) in [7, 11) is 1.98. The van der Waals surface area contributed by atoms with E-state index < -0.39 is 0 Å². The first-order chi connectivity index (χ1) is 7.81. The second-order valence-corrected chi connectivity index (χ2v) is 4.85. The molecule has 0 aliphatic carbocycles. The first-order valence-electron chi connectivity index (χ1n) is 5.56. The van der Waals surface area contributed by atoms with Gasteiger partial charge in [-0.1, -0.05) is 28.1 Å². The number of benzene rings is 1. The largest absolute Gasteiger partial charge is 0.374 e. The van der Waals surface area contributed by atoms with E-state index in [9.17, 15) is 0 Å². The van der Waals surface area contributed by atoms with E-state index in [-0.39, 0.29) is 12.1 Å². The van der Waals surface area contributed by atoms with Crippen LogP contribution in [0, 0.1) is 0 Å². The van der Waals surface area contributed by atoms with Crippen LogP contribution < -0.4 is 10.6 Å². The number of rotatable bonds is 3. The third kappa shape index (κ3) is 2.83. The van der Waals surface area contributed by atoms with E-state index in [1.54, 1.807) is 0 Å².